The molecule has 4 nitrogen and oxygen atoms in total. The van der Waals surface area contributed by atoms with Crippen LogP contribution in [0.5, 0.6) is 0 Å². The topological polar surface area (TPSA) is 61.7 Å². The number of carboxylic acids is 1. The van der Waals surface area contributed by atoms with Gasteiger partial charge < -0.3 is 5.11 Å². The number of hydrogen-bond acceptors (Lipinski definition) is 3. The molecule has 0 heterocycles. The van der Waals surface area contributed by atoms with Gasteiger partial charge in [0, 0.05) is 0 Å². The molecule has 0 radical (unpaired) electrons. The predicted octanol–water partition coefficient (Wildman–Crippen LogP) is 3.22. The van der Waals surface area contributed by atoms with Gasteiger partial charge in [0.1, 0.15) is 0 Å². The number of benzene rings is 2. The lowest BCUT2D eigenvalue weighted by atomic mass is 10.1. The lowest BCUT2D eigenvalue weighted by Crippen LogP contribution is -2.01. The largest absolute Gasteiger partial charge is 0.478 e. The molecule has 2 aromatic carbocycles. The first kappa shape index (κ1) is 12.8. The standard InChI is InChI=1S/C15H14N2O2/c1-11(12-6-3-2-4-7-12)16-17-14-9-5-8-13(10-14)15(18)19/h2-10,17H,1H3,(H,18,19)/b16-11-. The molecular formula is C15H14N2O2. The molecule has 96 valence electrons. The summed E-state index contributed by atoms with van der Waals surface area (Å²) in [5.41, 5.74) is 5.60. The summed E-state index contributed by atoms with van der Waals surface area (Å²) in [6, 6.07) is 16.3. The van der Waals surface area contributed by atoms with Gasteiger partial charge in [-0.1, -0.05) is 36.4 Å². The lowest BCUT2D eigenvalue weighted by molar-refractivity contribution is 0.0697. The van der Waals surface area contributed by atoms with Crippen LogP contribution in [0.1, 0.15) is 22.8 Å². The van der Waals surface area contributed by atoms with Crippen molar-refractivity contribution in [3.8, 4) is 0 Å². The number of hydrazone groups is 1. The van der Waals surface area contributed by atoms with Crippen LogP contribution in [0.3, 0.4) is 0 Å². The van der Waals surface area contributed by atoms with E-state index in [-0.39, 0.29) is 5.56 Å². The van der Waals surface area contributed by atoms with Crippen molar-refractivity contribution in [2.75, 3.05) is 5.43 Å². The van der Waals surface area contributed by atoms with E-state index in [0.29, 0.717) is 5.69 Å². The van der Waals surface area contributed by atoms with Crippen LogP contribution in [-0.2, 0) is 0 Å². The molecule has 0 aliphatic heterocycles. The molecule has 0 aliphatic rings. The zero-order valence-corrected chi connectivity index (χ0v) is 10.5. The molecule has 19 heavy (non-hydrogen) atoms. The average molecular weight is 254 g/mol. The Morgan fingerprint density at radius 2 is 1.74 bits per heavy atom. The molecule has 0 saturated heterocycles. The maximum Gasteiger partial charge on any atom is 0.335 e. The summed E-state index contributed by atoms with van der Waals surface area (Å²) in [4.78, 5) is 10.8. The second kappa shape index (κ2) is 5.82. The van der Waals surface area contributed by atoms with Crippen molar-refractivity contribution in [3.05, 3.63) is 65.7 Å². The van der Waals surface area contributed by atoms with Crippen LogP contribution in [0.4, 0.5) is 5.69 Å². The molecule has 0 saturated carbocycles. The van der Waals surface area contributed by atoms with Crippen molar-refractivity contribution in [1.29, 1.82) is 0 Å². The highest BCUT2D eigenvalue weighted by Crippen LogP contribution is 2.11. The molecule has 0 aromatic heterocycles. The van der Waals surface area contributed by atoms with Crippen LogP contribution in [-0.4, -0.2) is 16.8 Å². The summed E-state index contributed by atoms with van der Waals surface area (Å²) in [7, 11) is 0. The maximum atomic E-state index is 10.8. The van der Waals surface area contributed by atoms with Gasteiger partial charge in [0.25, 0.3) is 0 Å². The summed E-state index contributed by atoms with van der Waals surface area (Å²) in [6.45, 7) is 1.89. The Labute approximate surface area is 111 Å². The molecule has 2 rings (SSSR count). The maximum absolute atomic E-state index is 10.8. The third-order valence-electron chi connectivity index (χ3n) is 2.65. The second-order valence-corrected chi connectivity index (χ2v) is 4.06. The van der Waals surface area contributed by atoms with Crippen molar-refractivity contribution in [2.24, 2.45) is 5.10 Å². The van der Waals surface area contributed by atoms with Gasteiger partial charge in [0.2, 0.25) is 0 Å². The molecule has 4 heteroatoms. The molecular weight excluding hydrogens is 240 g/mol. The molecule has 0 unspecified atom stereocenters. The number of aromatic carboxylic acids is 1. The quantitative estimate of drug-likeness (QED) is 0.650. The highest BCUT2D eigenvalue weighted by atomic mass is 16.4. The van der Waals surface area contributed by atoms with Gasteiger partial charge in [-0.2, -0.15) is 5.10 Å². The van der Waals surface area contributed by atoms with Gasteiger partial charge in [-0.15, -0.1) is 0 Å². The van der Waals surface area contributed by atoms with E-state index in [1.54, 1.807) is 24.3 Å². The minimum Gasteiger partial charge on any atom is -0.478 e. The van der Waals surface area contributed by atoms with Gasteiger partial charge in [0.05, 0.1) is 17.0 Å². The van der Waals surface area contributed by atoms with E-state index in [4.69, 9.17) is 5.11 Å². The average Bonchev–Trinajstić information content (AvgIpc) is 2.46. The number of nitrogens with one attached hydrogen (secondary N) is 1. The normalized spacial score (nSPS) is 11.1. The van der Waals surface area contributed by atoms with E-state index in [1.165, 1.54) is 0 Å². The van der Waals surface area contributed by atoms with Crippen LogP contribution in [0, 0.1) is 0 Å². The summed E-state index contributed by atoms with van der Waals surface area (Å²) < 4.78 is 0. The number of carbonyl (C=O) groups is 1. The van der Waals surface area contributed by atoms with Gasteiger partial charge in [-0.05, 0) is 30.7 Å². The molecule has 0 spiro atoms. The third-order valence-corrected chi connectivity index (χ3v) is 2.65. The Kier molecular flexibility index (Phi) is 3.93. The molecule has 2 aromatic rings. The molecule has 2 N–H and O–H groups in total. The third kappa shape index (κ3) is 3.42. The second-order valence-electron chi connectivity index (χ2n) is 4.06. The number of nitrogens with zero attached hydrogens (tertiary/aromatic N) is 1. The first-order chi connectivity index (χ1) is 9.16. The monoisotopic (exact) mass is 254 g/mol. The lowest BCUT2D eigenvalue weighted by Gasteiger charge is -2.04. The molecule has 0 bridgehead atoms. The van der Waals surface area contributed by atoms with Gasteiger partial charge in [0.15, 0.2) is 0 Å². The highest BCUT2D eigenvalue weighted by Gasteiger charge is 2.02. The summed E-state index contributed by atoms with van der Waals surface area (Å²) in [5.74, 6) is -0.951. The number of rotatable bonds is 4. The van der Waals surface area contributed by atoms with E-state index in [1.807, 2.05) is 37.3 Å². The van der Waals surface area contributed by atoms with Crippen molar-refractivity contribution < 1.29 is 9.90 Å². The van der Waals surface area contributed by atoms with Crippen molar-refractivity contribution >= 4 is 17.4 Å². The summed E-state index contributed by atoms with van der Waals surface area (Å²) in [5, 5.41) is 13.1. The van der Waals surface area contributed by atoms with E-state index in [2.05, 4.69) is 10.5 Å². The van der Waals surface area contributed by atoms with Gasteiger partial charge >= 0.3 is 5.97 Å². The molecule has 0 atom stereocenters. The zero-order valence-electron chi connectivity index (χ0n) is 10.5. The zero-order chi connectivity index (χ0) is 13.7. The summed E-state index contributed by atoms with van der Waals surface area (Å²) in [6.07, 6.45) is 0. The fourth-order valence-corrected chi connectivity index (χ4v) is 1.61. The first-order valence-corrected chi connectivity index (χ1v) is 5.86. The predicted molar refractivity (Wildman–Crippen MR) is 75.7 cm³/mol. The smallest absolute Gasteiger partial charge is 0.335 e. The minimum atomic E-state index is -0.951. The SMILES string of the molecule is C/C(=N/Nc1cccc(C(=O)O)c1)c1ccccc1. The number of carboxylic acid groups (broad SMARTS) is 1. The Hall–Kier alpha value is -2.62. The number of hydrogen-bond donors (Lipinski definition) is 2. The fourth-order valence-electron chi connectivity index (χ4n) is 1.61. The Bertz CT molecular complexity index is 607. The number of anilines is 1. The molecule has 0 aliphatic carbocycles. The van der Waals surface area contributed by atoms with Crippen molar-refractivity contribution in [3.63, 3.8) is 0 Å². The van der Waals surface area contributed by atoms with E-state index < -0.39 is 5.97 Å². The van der Waals surface area contributed by atoms with Crippen LogP contribution >= 0.6 is 0 Å². The van der Waals surface area contributed by atoms with Crippen LogP contribution in [0.2, 0.25) is 0 Å². The van der Waals surface area contributed by atoms with Crippen LogP contribution in [0.25, 0.3) is 0 Å². The summed E-state index contributed by atoms with van der Waals surface area (Å²) >= 11 is 0. The van der Waals surface area contributed by atoms with Gasteiger partial charge in [-0.25, -0.2) is 4.79 Å². The van der Waals surface area contributed by atoms with Crippen molar-refractivity contribution in [2.45, 2.75) is 6.92 Å². The Morgan fingerprint density at radius 3 is 2.42 bits per heavy atom. The highest BCUT2D eigenvalue weighted by molar-refractivity contribution is 5.99. The molecule has 0 fully saturated rings. The van der Waals surface area contributed by atoms with E-state index >= 15 is 0 Å². The Balaban J connectivity index is 2.14. The minimum absolute atomic E-state index is 0.234. The van der Waals surface area contributed by atoms with Crippen molar-refractivity contribution in [1.82, 2.24) is 0 Å². The van der Waals surface area contributed by atoms with Gasteiger partial charge in [-0.3, -0.25) is 5.43 Å². The van der Waals surface area contributed by atoms with Crippen LogP contribution < -0.4 is 5.43 Å². The molecule has 0 amide bonds. The Morgan fingerprint density at radius 1 is 1.05 bits per heavy atom. The van der Waals surface area contributed by atoms with Crippen LogP contribution in [0.15, 0.2) is 59.7 Å². The fraction of sp³-hybridized carbons (Fsp3) is 0.0667. The van der Waals surface area contributed by atoms with E-state index in [9.17, 15) is 4.79 Å². The van der Waals surface area contributed by atoms with E-state index in [0.717, 1.165) is 11.3 Å². The first-order valence-electron chi connectivity index (χ1n) is 5.86.